The van der Waals surface area contributed by atoms with Crippen LogP contribution in [0.25, 0.3) is 11.0 Å². The van der Waals surface area contributed by atoms with Gasteiger partial charge in [-0.2, -0.15) is 13.2 Å². The molecule has 2 heterocycles. The minimum Gasteiger partial charge on any atom is -0.481 e. The van der Waals surface area contributed by atoms with Crippen molar-refractivity contribution in [3.63, 3.8) is 0 Å². The van der Waals surface area contributed by atoms with E-state index in [9.17, 15) is 22.8 Å². The summed E-state index contributed by atoms with van der Waals surface area (Å²) in [5.41, 5.74) is -2.08. The lowest BCUT2D eigenvalue weighted by Gasteiger charge is -2.16. The number of nitrogens with one attached hydrogen (secondary N) is 1. The molecule has 3 aromatic rings. The number of anilines is 1. The van der Waals surface area contributed by atoms with Crippen LogP contribution in [0, 0.1) is 0 Å². The molecule has 0 unspecified atom stereocenters. The lowest BCUT2D eigenvalue weighted by atomic mass is 10.1. The summed E-state index contributed by atoms with van der Waals surface area (Å²) in [5, 5.41) is 2.36. The number of amides is 1. The van der Waals surface area contributed by atoms with Crippen LogP contribution in [0.1, 0.15) is 12.5 Å². The van der Waals surface area contributed by atoms with Crippen molar-refractivity contribution in [2.45, 2.75) is 19.2 Å². The van der Waals surface area contributed by atoms with Crippen LogP contribution in [0.5, 0.6) is 17.2 Å². The first-order valence-corrected chi connectivity index (χ1v) is 8.73. The van der Waals surface area contributed by atoms with Crippen LogP contribution in [0.15, 0.2) is 51.7 Å². The standard InChI is InChI=1S/C20H14F3NO6/c1-10(19(26)24-11-2-5-15-17(6-11)28-9-27-15)29-12-3-4-13-14(20(21,22)23)8-18(25)30-16(13)7-12/h2-8,10H,9H2,1H3,(H,24,26)/t10-/m1/s1. The smallest absolute Gasteiger partial charge is 0.417 e. The van der Waals surface area contributed by atoms with Crippen molar-refractivity contribution >= 4 is 22.6 Å². The summed E-state index contributed by atoms with van der Waals surface area (Å²) in [6.07, 6.45) is -5.71. The van der Waals surface area contributed by atoms with Gasteiger partial charge in [0.25, 0.3) is 5.91 Å². The lowest BCUT2D eigenvalue weighted by molar-refractivity contribution is -0.136. The molecule has 4 rings (SSSR count). The molecule has 1 amide bonds. The average Bonchev–Trinajstić information content (AvgIpc) is 3.14. The maximum absolute atomic E-state index is 13.1. The monoisotopic (exact) mass is 421 g/mol. The van der Waals surface area contributed by atoms with E-state index in [1.165, 1.54) is 13.0 Å². The highest BCUT2D eigenvalue weighted by Gasteiger charge is 2.34. The van der Waals surface area contributed by atoms with Crippen molar-refractivity contribution in [1.29, 1.82) is 0 Å². The Labute approximate surface area is 167 Å². The number of carbonyl (C=O) groups is 1. The second-order valence-electron chi connectivity index (χ2n) is 6.45. The van der Waals surface area contributed by atoms with Gasteiger partial charge in [0.1, 0.15) is 11.3 Å². The number of fused-ring (bicyclic) bond motifs is 2. The van der Waals surface area contributed by atoms with Crippen molar-refractivity contribution in [1.82, 2.24) is 0 Å². The molecule has 7 nitrogen and oxygen atoms in total. The fourth-order valence-electron chi connectivity index (χ4n) is 2.93. The van der Waals surface area contributed by atoms with Crippen molar-refractivity contribution in [2.75, 3.05) is 12.1 Å². The largest absolute Gasteiger partial charge is 0.481 e. The highest BCUT2D eigenvalue weighted by atomic mass is 19.4. The summed E-state index contributed by atoms with van der Waals surface area (Å²) in [6, 6.07) is 8.78. The fourth-order valence-corrected chi connectivity index (χ4v) is 2.93. The fraction of sp³-hybridized carbons (Fsp3) is 0.200. The van der Waals surface area contributed by atoms with Crippen molar-refractivity contribution < 1.29 is 36.6 Å². The first-order chi connectivity index (χ1) is 14.2. The van der Waals surface area contributed by atoms with E-state index in [-0.39, 0.29) is 23.5 Å². The summed E-state index contributed by atoms with van der Waals surface area (Å²) < 4.78 is 60.2. The zero-order valence-corrected chi connectivity index (χ0v) is 15.4. The molecule has 0 radical (unpaired) electrons. The first kappa shape index (κ1) is 19.6. The van der Waals surface area contributed by atoms with E-state index in [0.29, 0.717) is 23.3 Å². The number of benzene rings is 2. The second kappa shape index (κ2) is 7.29. The Morgan fingerprint density at radius 1 is 1.10 bits per heavy atom. The van der Waals surface area contributed by atoms with E-state index in [1.54, 1.807) is 18.2 Å². The second-order valence-corrected chi connectivity index (χ2v) is 6.45. The van der Waals surface area contributed by atoms with Crippen molar-refractivity contribution in [2.24, 2.45) is 0 Å². The third-order valence-electron chi connectivity index (χ3n) is 4.34. The zero-order valence-electron chi connectivity index (χ0n) is 15.4. The Morgan fingerprint density at radius 3 is 2.63 bits per heavy atom. The number of hydrogen-bond donors (Lipinski definition) is 1. The maximum atomic E-state index is 13.1. The minimum absolute atomic E-state index is 0.0679. The number of carbonyl (C=O) groups excluding carboxylic acids is 1. The van der Waals surface area contributed by atoms with E-state index in [0.717, 1.165) is 12.1 Å². The SMILES string of the molecule is C[C@@H](Oc1ccc2c(C(F)(F)F)cc(=O)oc2c1)C(=O)Nc1ccc2c(c1)OCO2. The van der Waals surface area contributed by atoms with E-state index < -0.39 is 29.4 Å². The molecule has 1 N–H and O–H groups in total. The Bertz CT molecular complexity index is 1190. The molecule has 0 saturated heterocycles. The predicted molar refractivity (Wildman–Crippen MR) is 98.8 cm³/mol. The van der Waals surface area contributed by atoms with Crippen molar-refractivity contribution in [3.8, 4) is 17.2 Å². The molecule has 10 heteroatoms. The third kappa shape index (κ3) is 3.88. The molecule has 0 bridgehead atoms. The summed E-state index contributed by atoms with van der Waals surface area (Å²) in [6.45, 7) is 1.56. The van der Waals surface area contributed by atoms with Crippen LogP contribution >= 0.6 is 0 Å². The lowest BCUT2D eigenvalue weighted by Crippen LogP contribution is -2.30. The maximum Gasteiger partial charge on any atom is 0.417 e. The van der Waals surface area contributed by atoms with Crippen LogP contribution in [-0.2, 0) is 11.0 Å². The number of alkyl halides is 3. The third-order valence-corrected chi connectivity index (χ3v) is 4.34. The van der Waals surface area contributed by atoms with Gasteiger partial charge in [0.2, 0.25) is 6.79 Å². The molecular weight excluding hydrogens is 407 g/mol. The predicted octanol–water partition coefficient (Wildman–Crippen LogP) is 3.95. The summed E-state index contributed by atoms with van der Waals surface area (Å²) >= 11 is 0. The van der Waals surface area contributed by atoms with Crippen LogP contribution in [0.2, 0.25) is 0 Å². The Hall–Kier alpha value is -3.69. The van der Waals surface area contributed by atoms with E-state index >= 15 is 0 Å². The molecule has 1 aliphatic heterocycles. The van der Waals surface area contributed by atoms with Gasteiger partial charge in [0.05, 0.1) is 5.56 Å². The molecule has 1 aromatic heterocycles. The van der Waals surface area contributed by atoms with Gasteiger partial charge in [-0.15, -0.1) is 0 Å². The van der Waals surface area contributed by atoms with E-state index in [1.807, 2.05) is 0 Å². The molecule has 0 aliphatic carbocycles. The number of halogens is 3. The van der Waals surface area contributed by atoms with Gasteiger partial charge >= 0.3 is 11.8 Å². The van der Waals surface area contributed by atoms with E-state index in [2.05, 4.69) is 5.32 Å². The molecule has 0 spiro atoms. The summed E-state index contributed by atoms with van der Waals surface area (Å²) in [7, 11) is 0. The molecule has 1 aliphatic rings. The quantitative estimate of drug-likeness (QED) is 0.642. The average molecular weight is 421 g/mol. The van der Waals surface area contributed by atoms with Gasteiger partial charge in [-0.1, -0.05) is 0 Å². The zero-order chi connectivity index (χ0) is 21.5. The topological polar surface area (TPSA) is 87.0 Å². The van der Waals surface area contributed by atoms with Gasteiger partial charge < -0.3 is 23.9 Å². The van der Waals surface area contributed by atoms with Gasteiger partial charge in [-0.25, -0.2) is 4.79 Å². The Balaban J connectivity index is 1.52. The van der Waals surface area contributed by atoms with Gasteiger partial charge in [-0.3, -0.25) is 4.79 Å². The van der Waals surface area contributed by atoms with Gasteiger partial charge in [0, 0.05) is 29.3 Å². The number of hydrogen-bond acceptors (Lipinski definition) is 6. The van der Waals surface area contributed by atoms with Crippen LogP contribution < -0.4 is 25.2 Å². The molecular formula is C20H14F3NO6. The van der Waals surface area contributed by atoms with Crippen LogP contribution in [0.3, 0.4) is 0 Å². The number of ether oxygens (including phenoxy) is 3. The highest BCUT2D eigenvalue weighted by molar-refractivity contribution is 5.94. The van der Waals surface area contributed by atoms with Gasteiger partial charge in [-0.05, 0) is 31.2 Å². The number of rotatable bonds is 4. The minimum atomic E-state index is -4.71. The van der Waals surface area contributed by atoms with Crippen LogP contribution in [0.4, 0.5) is 18.9 Å². The summed E-state index contributed by atoms with van der Waals surface area (Å²) in [4.78, 5) is 23.9. The Kier molecular flexibility index (Phi) is 4.76. The van der Waals surface area contributed by atoms with E-state index in [4.69, 9.17) is 18.6 Å². The molecule has 0 fully saturated rings. The van der Waals surface area contributed by atoms with Crippen molar-refractivity contribution in [3.05, 3.63) is 58.4 Å². The van der Waals surface area contributed by atoms with Crippen LogP contribution in [-0.4, -0.2) is 18.8 Å². The molecule has 0 saturated carbocycles. The Morgan fingerprint density at radius 2 is 1.87 bits per heavy atom. The molecule has 30 heavy (non-hydrogen) atoms. The first-order valence-electron chi connectivity index (χ1n) is 8.73. The molecule has 2 aromatic carbocycles. The highest BCUT2D eigenvalue weighted by Crippen LogP contribution is 2.36. The van der Waals surface area contributed by atoms with Gasteiger partial charge in [0.15, 0.2) is 17.6 Å². The molecule has 1 atom stereocenters. The summed E-state index contributed by atoms with van der Waals surface area (Å²) in [5.74, 6) is 0.623. The normalized spacial score (nSPS) is 13.9. The molecule has 156 valence electrons.